The SMILES string of the molecule is CCCC(C)NC(=O)C(Cc1c[nH]c2ccccc12)NS(=O)(=O)c1ccc(Cl)cc1. The van der Waals surface area contributed by atoms with Crippen LogP contribution < -0.4 is 10.0 Å². The van der Waals surface area contributed by atoms with E-state index in [1.807, 2.05) is 44.3 Å². The van der Waals surface area contributed by atoms with Gasteiger partial charge in [0.25, 0.3) is 0 Å². The van der Waals surface area contributed by atoms with Gasteiger partial charge in [0, 0.05) is 28.2 Å². The Morgan fingerprint density at radius 2 is 1.83 bits per heavy atom. The van der Waals surface area contributed by atoms with Gasteiger partial charge in [-0.1, -0.05) is 43.1 Å². The Morgan fingerprint density at radius 3 is 2.53 bits per heavy atom. The molecule has 30 heavy (non-hydrogen) atoms. The van der Waals surface area contributed by atoms with Crippen LogP contribution in [-0.2, 0) is 21.2 Å². The summed E-state index contributed by atoms with van der Waals surface area (Å²) >= 11 is 5.87. The first-order valence-electron chi connectivity index (χ1n) is 9.93. The van der Waals surface area contributed by atoms with Gasteiger partial charge in [-0.25, -0.2) is 8.42 Å². The van der Waals surface area contributed by atoms with Crippen LogP contribution in [-0.4, -0.2) is 31.4 Å². The summed E-state index contributed by atoms with van der Waals surface area (Å²) < 4.78 is 28.4. The van der Waals surface area contributed by atoms with Crippen LogP contribution >= 0.6 is 11.6 Å². The first kappa shape index (κ1) is 22.3. The van der Waals surface area contributed by atoms with Gasteiger partial charge in [-0.2, -0.15) is 4.72 Å². The normalized spacial score (nSPS) is 13.8. The molecule has 0 aliphatic carbocycles. The lowest BCUT2D eigenvalue weighted by atomic mass is 10.0. The number of carbonyl (C=O) groups excluding carboxylic acids is 1. The van der Waals surface area contributed by atoms with E-state index in [0.717, 1.165) is 29.3 Å². The Balaban J connectivity index is 1.88. The van der Waals surface area contributed by atoms with Crippen molar-refractivity contribution in [2.75, 3.05) is 0 Å². The molecule has 0 aliphatic rings. The number of carbonyl (C=O) groups is 1. The van der Waals surface area contributed by atoms with Crippen LogP contribution in [0.2, 0.25) is 5.02 Å². The predicted molar refractivity (Wildman–Crippen MR) is 120 cm³/mol. The minimum atomic E-state index is -3.91. The van der Waals surface area contributed by atoms with Crippen molar-refractivity contribution in [2.24, 2.45) is 0 Å². The van der Waals surface area contributed by atoms with Gasteiger partial charge >= 0.3 is 0 Å². The molecular weight excluding hydrogens is 422 g/mol. The van der Waals surface area contributed by atoms with Gasteiger partial charge in [-0.15, -0.1) is 0 Å². The maximum atomic E-state index is 13.0. The number of halogens is 1. The molecule has 0 radical (unpaired) electrons. The number of amides is 1. The maximum absolute atomic E-state index is 13.0. The number of fused-ring (bicyclic) bond motifs is 1. The predicted octanol–water partition coefficient (Wildman–Crippen LogP) is 4.02. The van der Waals surface area contributed by atoms with Crippen molar-refractivity contribution >= 4 is 38.4 Å². The quantitative estimate of drug-likeness (QED) is 0.462. The summed E-state index contributed by atoms with van der Waals surface area (Å²) in [6.07, 6.45) is 3.78. The van der Waals surface area contributed by atoms with Gasteiger partial charge in [-0.3, -0.25) is 4.79 Å². The zero-order chi connectivity index (χ0) is 21.7. The van der Waals surface area contributed by atoms with Gasteiger partial charge in [0.1, 0.15) is 6.04 Å². The monoisotopic (exact) mass is 447 g/mol. The highest BCUT2D eigenvalue weighted by Crippen LogP contribution is 2.20. The molecule has 160 valence electrons. The molecule has 0 saturated heterocycles. The summed E-state index contributed by atoms with van der Waals surface area (Å²) in [5.74, 6) is -0.348. The number of hydrogen-bond donors (Lipinski definition) is 3. The summed E-state index contributed by atoms with van der Waals surface area (Å²) in [6.45, 7) is 3.95. The van der Waals surface area contributed by atoms with E-state index in [4.69, 9.17) is 11.6 Å². The van der Waals surface area contributed by atoms with Crippen LogP contribution in [0, 0.1) is 0 Å². The average Bonchev–Trinajstić information content (AvgIpc) is 3.11. The number of hydrogen-bond acceptors (Lipinski definition) is 3. The number of aromatic nitrogens is 1. The molecule has 3 N–H and O–H groups in total. The molecule has 2 unspecified atom stereocenters. The van der Waals surface area contributed by atoms with Crippen LogP contribution in [0.25, 0.3) is 10.9 Å². The van der Waals surface area contributed by atoms with Gasteiger partial charge < -0.3 is 10.3 Å². The van der Waals surface area contributed by atoms with E-state index in [2.05, 4.69) is 15.0 Å². The van der Waals surface area contributed by atoms with E-state index in [9.17, 15) is 13.2 Å². The molecule has 2 atom stereocenters. The molecule has 6 nitrogen and oxygen atoms in total. The number of benzene rings is 2. The fraction of sp³-hybridized carbons (Fsp3) is 0.318. The van der Waals surface area contributed by atoms with Crippen LogP contribution in [0.1, 0.15) is 32.3 Å². The second kappa shape index (κ2) is 9.64. The van der Waals surface area contributed by atoms with Gasteiger partial charge in [0.2, 0.25) is 15.9 Å². The Bertz CT molecular complexity index is 1110. The molecular formula is C22H26ClN3O3S. The van der Waals surface area contributed by atoms with E-state index < -0.39 is 16.1 Å². The lowest BCUT2D eigenvalue weighted by molar-refractivity contribution is -0.123. The zero-order valence-corrected chi connectivity index (χ0v) is 18.6. The molecule has 2 aromatic carbocycles. The Morgan fingerprint density at radius 1 is 1.13 bits per heavy atom. The van der Waals surface area contributed by atoms with Gasteiger partial charge in [0.05, 0.1) is 4.90 Å². The summed E-state index contributed by atoms with van der Waals surface area (Å²) in [5.41, 5.74) is 1.80. The van der Waals surface area contributed by atoms with Crippen molar-refractivity contribution in [1.82, 2.24) is 15.0 Å². The second-order valence-electron chi connectivity index (χ2n) is 7.39. The molecule has 0 bridgehead atoms. The van der Waals surface area contributed by atoms with Crippen molar-refractivity contribution in [3.8, 4) is 0 Å². The lowest BCUT2D eigenvalue weighted by Gasteiger charge is -2.21. The number of nitrogens with one attached hydrogen (secondary N) is 3. The number of para-hydroxylation sites is 1. The first-order valence-corrected chi connectivity index (χ1v) is 11.8. The molecule has 0 spiro atoms. The van der Waals surface area contributed by atoms with Gasteiger partial charge in [0.15, 0.2) is 0 Å². The standard InChI is InChI=1S/C22H26ClN3O3S/c1-3-6-15(2)25-22(27)21(13-16-14-24-20-8-5-4-7-19(16)20)26-30(28,29)18-11-9-17(23)10-12-18/h4-5,7-12,14-15,21,24,26H,3,6,13H2,1-2H3,(H,25,27). The molecule has 8 heteroatoms. The minimum Gasteiger partial charge on any atom is -0.361 e. The number of sulfonamides is 1. The third kappa shape index (κ3) is 5.41. The highest BCUT2D eigenvalue weighted by Gasteiger charge is 2.27. The number of rotatable bonds is 9. The van der Waals surface area contributed by atoms with Crippen molar-refractivity contribution in [2.45, 2.75) is 50.1 Å². The average molecular weight is 448 g/mol. The molecule has 1 aromatic heterocycles. The zero-order valence-electron chi connectivity index (χ0n) is 17.0. The molecule has 0 fully saturated rings. The van der Waals surface area contributed by atoms with Crippen LogP contribution in [0.4, 0.5) is 0 Å². The molecule has 3 aromatic rings. The van der Waals surface area contributed by atoms with Crippen LogP contribution in [0.5, 0.6) is 0 Å². The Kier molecular flexibility index (Phi) is 7.18. The number of aromatic amines is 1. The maximum Gasteiger partial charge on any atom is 0.241 e. The van der Waals surface area contributed by atoms with Gasteiger partial charge in [-0.05, 0) is 55.7 Å². The summed E-state index contributed by atoms with van der Waals surface area (Å²) in [4.78, 5) is 16.2. The van der Waals surface area contributed by atoms with Crippen molar-refractivity contribution in [1.29, 1.82) is 0 Å². The molecule has 3 rings (SSSR count). The smallest absolute Gasteiger partial charge is 0.241 e. The number of H-pyrrole nitrogens is 1. The summed E-state index contributed by atoms with van der Waals surface area (Å²) in [7, 11) is -3.91. The third-order valence-corrected chi connectivity index (χ3v) is 6.69. The van der Waals surface area contributed by atoms with E-state index in [1.165, 1.54) is 24.3 Å². The van der Waals surface area contributed by atoms with E-state index >= 15 is 0 Å². The summed E-state index contributed by atoms with van der Waals surface area (Å²) in [6, 6.07) is 12.6. The fourth-order valence-electron chi connectivity index (χ4n) is 3.43. The van der Waals surface area contributed by atoms with E-state index in [0.29, 0.717) is 5.02 Å². The largest absolute Gasteiger partial charge is 0.361 e. The van der Waals surface area contributed by atoms with Crippen molar-refractivity contribution in [3.63, 3.8) is 0 Å². The Hall–Kier alpha value is -2.35. The molecule has 0 saturated carbocycles. The topological polar surface area (TPSA) is 91.1 Å². The summed E-state index contributed by atoms with van der Waals surface area (Å²) in [5, 5.41) is 4.33. The highest BCUT2D eigenvalue weighted by atomic mass is 35.5. The van der Waals surface area contributed by atoms with Crippen molar-refractivity contribution in [3.05, 3.63) is 65.3 Å². The van der Waals surface area contributed by atoms with Crippen LogP contribution in [0.15, 0.2) is 59.6 Å². The molecule has 1 amide bonds. The minimum absolute atomic E-state index is 0.0481. The fourth-order valence-corrected chi connectivity index (χ4v) is 4.75. The molecule has 1 heterocycles. The van der Waals surface area contributed by atoms with Crippen molar-refractivity contribution < 1.29 is 13.2 Å². The van der Waals surface area contributed by atoms with E-state index in [-0.39, 0.29) is 23.3 Å². The second-order valence-corrected chi connectivity index (χ2v) is 9.54. The van der Waals surface area contributed by atoms with Crippen LogP contribution in [0.3, 0.4) is 0 Å². The Labute approximate surface area is 182 Å². The third-order valence-electron chi connectivity index (χ3n) is 4.95. The highest BCUT2D eigenvalue weighted by molar-refractivity contribution is 7.89. The first-order chi connectivity index (χ1) is 14.3. The molecule has 0 aliphatic heterocycles. The lowest BCUT2D eigenvalue weighted by Crippen LogP contribution is -2.50. The van der Waals surface area contributed by atoms with E-state index in [1.54, 1.807) is 0 Å².